The van der Waals surface area contributed by atoms with Crippen molar-refractivity contribution >= 4 is 22.5 Å². The normalized spacial score (nSPS) is 12.8. The fraction of sp³-hybridized carbons (Fsp3) is 0.381. The van der Waals surface area contributed by atoms with Crippen LogP contribution in [0.15, 0.2) is 24.4 Å². The molecular formula is C21H22F2N8O. The molecule has 3 heterocycles. The third kappa shape index (κ3) is 3.91. The third-order valence-corrected chi connectivity index (χ3v) is 4.96. The first-order valence-electron chi connectivity index (χ1n) is 9.98. The van der Waals surface area contributed by atoms with Crippen molar-refractivity contribution < 1.29 is 13.5 Å². The summed E-state index contributed by atoms with van der Waals surface area (Å²) < 4.78 is 36.9. The van der Waals surface area contributed by atoms with E-state index in [1.54, 1.807) is 32.0 Å². The highest BCUT2D eigenvalue weighted by atomic mass is 19.1. The number of benzene rings is 1. The van der Waals surface area contributed by atoms with E-state index in [4.69, 9.17) is 4.74 Å². The van der Waals surface area contributed by atoms with Crippen molar-refractivity contribution in [3.05, 3.63) is 30.2 Å². The summed E-state index contributed by atoms with van der Waals surface area (Å²) in [7, 11) is 1.44. The van der Waals surface area contributed by atoms with Crippen LogP contribution in [0.4, 0.5) is 14.7 Å². The zero-order valence-electron chi connectivity index (χ0n) is 18.1. The summed E-state index contributed by atoms with van der Waals surface area (Å²) in [5, 5.41) is 24.5. The van der Waals surface area contributed by atoms with Crippen LogP contribution in [0.2, 0.25) is 0 Å². The van der Waals surface area contributed by atoms with Gasteiger partial charge >= 0.3 is 0 Å². The number of nitrogens with zero attached hydrogens (tertiary/aromatic N) is 7. The number of methoxy groups -OCH3 is 1. The van der Waals surface area contributed by atoms with Crippen LogP contribution in [-0.2, 0) is 6.54 Å². The van der Waals surface area contributed by atoms with E-state index in [0.717, 1.165) is 0 Å². The van der Waals surface area contributed by atoms with Gasteiger partial charge < -0.3 is 10.1 Å². The van der Waals surface area contributed by atoms with E-state index in [1.165, 1.54) is 29.4 Å². The Labute approximate surface area is 182 Å². The van der Waals surface area contributed by atoms with Gasteiger partial charge in [0.25, 0.3) is 0 Å². The number of nitrogens with one attached hydrogen (secondary N) is 1. The fourth-order valence-corrected chi connectivity index (χ4v) is 3.35. The number of aromatic nitrogens is 6. The minimum absolute atomic E-state index is 0.0411. The molecule has 0 bridgehead atoms. The van der Waals surface area contributed by atoms with E-state index in [-0.39, 0.29) is 23.9 Å². The molecule has 3 aromatic heterocycles. The minimum atomic E-state index is -1.11. The van der Waals surface area contributed by atoms with E-state index in [0.29, 0.717) is 28.7 Å². The molecule has 0 unspecified atom stereocenters. The number of alkyl halides is 1. The lowest BCUT2D eigenvalue weighted by molar-refractivity contribution is 0.310. The van der Waals surface area contributed by atoms with Crippen molar-refractivity contribution in [3.63, 3.8) is 0 Å². The van der Waals surface area contributed by atoms with Crippen molar-refractivity contribution in [2.24, 2.45) is 5.41 Å². The summed E-state index contributed by atoms with van der Waals surface area (Å²) in [6.07, 6.45) is 0.125. The number of anilines is 1. The van der Waals surface area contributed by atoms with Crippen LogP contribution >= 0.6 is 0 Å². The maximum absolute atomic E-state index is 15.1. The average Bonchev–Trinajstić information content (AvgIpc) is 3.30. The lowest BCUT2D eigenvalue weighted by Gasteiger charge is -2.16. The lowest BCUT2D eigenvalue weighted by Crippen LogP contribution is -2.22. The highest BCUT2D eigenvalue weighted by Gasteiger charge is 2.22. The van der Waals surface area contributed by atoms with Gasteiger partial charge in [0.1, 0.15) is 17.2 Å². The Morgan fingerprint density at radius 1 is 1.34 bits per heavy atom. The van der Waals surface area contributed by atoms with Gasteiger partial charge in [0.05, 0.1) is 42.4 Å². The Balaban J connectivity index is 1.81. The van der Waals surface area contributed by atoms with E-state index >= 15 is 4.39 Å². The molecule has 11 heteroatoms. The van der Waals surface area contributed by atoms with Gasteiger partial charge in [0.2, 0.25) is 11.8 Å². The predicted octanol–water partition coefficient (Wildman–Crippen LogP) is 3.61. The summed E-state index contributed by atoms with van der Waals surface area (Å²) in [6.45, 7) is 5.34. The van der Waals surface area contributed by atoms with Crippen molar-refractivity contribution in [3.8, 4) is 23.1 Å². The molecule has 4 rings (SSSR count). The molecule has 0 amide bonds. The third-order valence-electron chi connectivity index (χ3n) is 4.96. The number of rotatable bonds is 7. The molecule has 0 spiro atoms. The Bertz CT molecular complexity index is 1340. The summed E-state index contributed by atoms with van der Waals surface area (Å²) in [4.78, 5) is 4.34. The van der Waals surface area contributed by atoms with Crippen LogP contribution in [0, 0.1) is 22.6 Å². The van der Waals surface area contributed by atoms with E-state index in [9.17, 15) is 9.65 Å². The summed E-state index contributed by atoms with van der Waals surface area (Å²) >= 11 is 0. The fourth-order valence-electron chi connectivity index (χ4n) is 3.35. The molecule has 1 aromatic carbocycles. The van der Waals surface area contributed by atoms with Gasteiger partial charge in [-0.2, -0.15) is 10.2 Å². The van der Waals surface area contributed by atoms with Crippen molar-refractivity contribution in [2.45, 2.75) is 33.5 Å². The SMILES string of the molecule is COc1nc(NCC(C)(C)C#N)nn2cc(F)c(-c3ccc4nnn(C[C@H](C)F)c4c3)c12. The second-order valence-electron chi connectivity index (χ2n) is 8.19. The minimum Gasteiger partial charge on any atom is -0.479 e. The highest BCUT2D eigenvalue weighted by molar-refractivity contribution is 5.89. The lowest BCUT2D eigenvalue weighted by atomic mass is 9.96. The Hall–Kier alpha value is -3.81. The van der Waals surface area contributed by atoms with Crippen molar-refractivity contribution in [2.75, 3.05) is 19.0 Å². The smallest absolute Gasteiger partial charge is 0.244 e. The second kappa shape index (κ2) is 8.03. The summed E-state index contributed by atoms with van der Waals surface area (Å²) in [6, 6.07) is 7.30. The Morgan fingerprint density at radius 3 is 2.81 bits per heavy atom. The molecule has 0 fully saturated rings. The first-order chi connectivity index (χ1) is 15.2. The van der Waals surface area contributed by atoms with Gasteiger partial charge in [0, 0.05) is 6.54 Å². The topological polar surface area (TPSA) is 106 Å². The van der Waals surface area contributed by atoms with Crippen molar-refractivity contribution in [1.29, 1.82) is 5.26 Å². The molecule has 166 valence electrons. The molecule has 0 radical (unpaired) electrons. The zero-order valence-corrected chi connectivity index (χ0v) is 18.1. The summed E-state index contributed by atoms with van der Waals surface area (Å²) in [5.74, 6) is -0.154. The molecule has 0 saturated heterocycles. The number of ether oxygens (including phenoxy) is 1. The van der Waals surface area contributed by atoms with Crippen LogP contribution in [0.5, 0.6) is 5.88 Å². The van der Waals surface area contributed by atoms with Crippen LogP contribution < -0.4 is 10.1 Å². The molecule has 0 aliphatic rings. The number of halogens is 2. The second-order valence-corrected chi connectivity index (χ2v) is 8.19. The van der Waals surface area contributed by atoms with Crippen LogP contribution in [0.1, 0.15) is 20.8 Å². The molecule has 1 atom stereocenters. The molecular weight excluding hydrogens is 418 g/mol. The van der Waals surface area contributed by atoms with Gasteiger partial charge in [0.15, 0.2) is 5.82 Å². The standard InChI is InChI=1S/C21H22F2N8O/c1-12(22)8-30-16-7-13(5-6-15(16)27-29-30)17-14(23)9-31-18(17)19(32-4)26-20(28-31)25-11-21(2,3)10-24/h5-7,9,12H,8,11H2,1-4H3,(H,25,28)/t12-/m0/s1. The predicted molar refractivity (Wildman–Crippen MR) is 114 cm³/mol. The number of fused-ring (bicyclic) bond motifs is 2. The highest BCUT2D eigenvalue weighted by Crippen LogP contribution is 2.35. The summed E-state index contributed by atoms with van der Waals surface area (Å²) in [5.41, 5.74) is 1.64. The molecule has 0 aliphatic carbocycles. The molecule has 32 heavy (non-hydrogen) atoms. The van der Waals surface area contributed by atoms with Gasteiger partial charge in [-0.1, -0.05) is 11.3 Å². The molecule has 0 aliphatic heterocycles. The van der Waals surface area contributed by atoms with Crippen LogP contribution in [0.3, 0.4) is 0 Å². The average molecular weight is 440 g/mol. The van der Waals surface area contributed by atoms with E-state index < -0.39 is 17.4 Å². The van der Waals surface area contributed by atoms with Crippen LogP contribution in [-0.4, -0.2) is 49.4 Å². The first kappa shape index (κ1) is 21.4. The van der Waals surface area contributed by atoms with E-state index in [2.05, 4.69) is 31.8 Å². The molecule has 0 saturated carbocycles. The van der Waals surface area contributed by atoms with Gasteiger partial charge in [-0.3, -0.25) is 0 Å². The number of nitriles is 1. The zero-order chi connectivity index (χ0) is 23.0. The van der Waals surface area contributed by atoms with Gasteiger partial charge in [-0.05, 0) is 38.5 Å². The molecule has 9 nitrogen and oxygen atoms in total. The van der Waals surface area contributed by atoms with E-state index in [1.807, 2.05) is 0 Å². The molecule has 4 aromatic rings. The number of hydrogen-bond acceptors (Lipinski definition) is 7. The maximum atomic E-state index is 15.1. The molecule has 1 N–H and O–H groups in total. The largest absolute Gasteiger partial charge is 0.479 e. The van der Waals surface area contributed by atoms with Crippen LogP contribution in [0.25, 0.3) is 27.7 Å². The maximum Gasteiger partial charge on any atom is 0.244 e. The monoisotopic (exact) mass is 440 g/mol. The Kier molecular flexibility index (Phi) is 5.38. The quantitative estimate of drug-likeness (QED) is 0.468. The number of hydrogen-bond donors (Lipinski definition) is 1. The van der Waals surface area contributed by atoms with Gasteiger partial charge in [-0.25, -0.2) is 18.0 Å². The van der Waals surface area contributed by atoms with Crippen molar-refractivity contribution in [1.82, 2.24) is 29.6 Å². The Morgan fingerprint density at radius 2 is 2.12 bits per heavy atom. The van der Waals surface area contributed by atoms with Gasteiger partial charge in [-0.15, -0.1) is 10.2 Å². The first-order valence-corrected chi connectivity index (χ1v) is 9.98.